The highest BCUT2D eigenvalue weighted by atomic mass is 127. The molecule has 0 saturated heterocycles. The Morgan fingerprint density at radius 3 is 2.31 bits per heavy atom. The number of hydrogen-bond acceptors (Lipinski definition) is 0. The van der Waals surface area contributed by atoms with Gasteiger partial charge in [0.2, 0.25) is 0 Å². The lowest BCUT2D eigenvalue weighted by molar-refractivity contribution is 0.921. The Bertz CT molecular complexity index is 259. The summed E-state index contributed by atoms with van der Waals surface area (Å²) in [5, 5.41) is 0. The molecule has 0 nitrogen and oxygen atoms in total. The van der Waals surface area contributed by atoms with Crippen LogP contribution in [0.5, 0.6) is 0 Å². The molecule has 0 aliphatic carbocycles. The van der Waals surface area contributed by atoms with Crippen LogP contribution in [0.4, 0.5) is 0 Å². The maximum atomic E-state index is 2.33. The molecule has 0 fully saturated rings. The lowest BCUT2D eigenvalue weighted by Gasteiger charge is -2.00. The topological polar surface area (TPSA) is 0 Å². The fourth-order valence-corrected chi connectivity index (χ4v) is 2.71. The molecule has 1 heteroatoms. The monoisotopic (exact) mass is 288 g/mol. The van der Waals surface area contributed by atoms with E-state index in [0.29, 0.717) is 20.7 Å². The standard InChI is InChI=1S/C12H17I/c1-3-5-11-6-8-12(9-7-11)10-13-4-2/h4,6-9H,3,5,10H2,1-2H3. The third-order valence-corrected chi connectivity index (χ3v) is 4.15. The van der Waals surface area contributed by atoms with Crippen molar-refractivity contribution in [2.24, 2.45) is 0 Å². The molecule has 0 bridgehead atoms. The summed E-state index contributed by atoms with van der Waals surface area (Å²) in [4.78, 5) is 0. The Labute approximate surface area is 91.1 Å². The minimum atomic E-state index is 0.306. The molecule has 0 radical (unpaired) electrons. The molecule has 0 amide bonds. The minimum Gasteiger partial charge on any atom is -0.123 e. The van der Waals surface area contributed by atoms with Crippen molar-refractivity contribution in [2.75, 3.05) is 0 Å². The van der Waals surface area contributed by atoms with E-state index in [4.69, 9.17) is 0 Å². The van der Waals surface area contributed by atoms with Gasteiger partial charge in [0.25, 0.3) is 0 Å². The SMILES string of the molecule is CC=ICc1ccc(CCC)cc1. The molecule has 0 spiro atoms. The predicted molar refractivity (Wildman–Crippen MR) is 69.9 cm³/mol. The van der Waals surface area contributed by atoms with Gasteiger partial charge in [-0.1, -0.05) is 41.6 Å². The van der Waals surface area contributed by atoms with E-state index in [1.807, 2.05) is 0 Å². The fraction of sp³-hybridized carbons (Fsp3) is 0.417. The van der Waals surface area contributed by atoms with Crippen molar-refractivity contribution in [2.45, 2.75) is 31.1 Å². The van der Waals surface area contributed by atoms with Gasteiger partial charge in [-0.15, -0.1) is 20.7 Å². The van der Waals surface area contributed by atoms with Crippen molar-refractivity contribution in [1.82, 2.24) is 0 Å². The normalized spacial score (nSPS) is 11.5. The summed E-state index contributed by atoms with van der Waals surface area (Å²) in [6.45, 7) is 4.39. The first-order valence-corrected chi connectivity index (χ1v) is 7.57. The van der Waals surface area contributed by atoms with E-state index in [1.165, 1.54) is 28.4 Å². The first kappa shape index (κ1) is 10.9. The third kappa shape index (κ3) is 4.03. The van der Waals surface area contributed by atoms with Crippen LogP contribution in [0.1, 0.15) is 31.4 Å². The minimum absolute atomic E-state index is 0.306. The molecule has 0 N–H and O–H groups in total. The second kappa shape index (κ2) is 6.30. The van der Waals surface area contributed by atoms with Gasteiger partial charge in [-0.3, -0.25) is 0 Å². The molecule has 1 rings (SSSR count). The Morgan fingerprint density at radius 1 is 1.15 bits per heavy atom. The van der Waals surface area contributed by atoms with E-state index in [-0.39, 0.29) is 0 Å². The molecular formula is C12H17I. The molecule has 0 aliphatic heterocycles. The number of alkyl halides is 1. The predicted octanol–water partition coefficient (Wildman–Crippen LogP) is 3.93. The first-order chi connectivity index (χ1) is 6.36. The van der Waals surface area contributed by atoms with Gasteiger partial charge in [0.05, 0.1) is 0 Å². The Morgan fingerprint density at radius 2 is 1.77 bits per heavy atom. The number of halogens is 1. The summed E-state index contributed by atoms with van der Waals surface area (Å²) in [6.07, 6.45) is 2.46. The largest absolute Gasteiger partial charge is 0.123 e. The van der Waals surface area contributed by atoms with E-state index in [1.54, 1.807) is 0 Å². The smallest absolute Gasteiger partial charge is 0.0196 e. The van der Waals surface area contributed by atoms with Gasteiger partial charge in [0.15, 0.2) is 0 Å². The quantitative estimate of drug-likeness (QED) is 0.581. The van der Waals surface area contributed by atoms with Crippen LogP contribution in [-0.2, 0) is 10.8 Å². The van der Waals surface area contributed by atoms with E-state index in [2.05, 4.69) is 42.1 Å². The van der Waals surface area contributed by atoms with Gasteiger partial charge in [0.1, 0.15) is 0 Å². The number of rotatable bonds is 4. The zero-order chi connectivity index (χ0) is 9.52. The molecule has 0 aromatic heterocycles. The fourth-order valence-electron chi connectivity index (χ4n) is 1.25. The van der Waals surface area contributed by atoms with Gasteiger partial charge in [0, 0.05) is 4.43 Å². The molecule has 13 heavy (non-hydrogen) atoms. The van der Waals surface area contributed by atoms with Crippen molar-refractivity contribution >= 4 is 24.7 Å². The molecular weight excluding hydrogens is 271 g/mol. The average molecular weight is 288 g/mol. The summed E-state index contributed by atoms with van der Waals surface area (Å²) in [6, 6.07) is 9.12. The summed E-state index contributed by atoms with van der Waals surface area (Å²) in [5.41, 5.74) is 2.98. The van der Waals surface area contributed by atoms with Crippen molar-refractivity contribution in [3.05, 3.63) is 35.4 Å². The maximum absolute atomic E-state index is 2.33. The van der Waals surface area contributed by atoms with E-state index in [0.717, 1.165) is 0 Å². The lowest BCUT2D eigenvalue weighted by atomic mass is 10.1. The zero-order valence-electron chi connectivity index (χ0n) is 8.39. The molecule has 0 atom stereocenters. The summed E-state index contributed by atoms with van der Waals surface area (Å²) < 4.78 is 3.63. The second-order valence-corrected chi connectivity index (χ2v) is 5.96. The van der Waals surface area contributed by atoms with Crippen LogP contribution in [0.3, 0.4) is 0 Å². The van der Waals surface area contributed by atoms with Crippen LogP contribution in [0.15, 0.2) is 24.3 Å². The van der Waals surface area contributed by atoms with E-state index >= 15 is 0 Å². The summed E-state index contributed by atoms with van der Waals surface area (Å²) in [7, 11) is 0. The van der Waals surface area contributed by atoms with E-state index in [9.17, 15) is 0 Å². The van der Waals surface area contributed by atoms with Crippen LogP contribution in [0.2, 0.25) is 0 Å². The molecule has 1 aromatic carbocycles. The van der Waals surface area contributed by atoms with Crippen molar-refractivity contribution in [1.29, 1.82) is 0 Å². The second-order valence-electron chi connectivity index (χ2n) is 3.07. The van der Waals surface area contributed by atoms with Crippen LogP contribution in [-0.4, -0.2) is 4.01 Å². The van der Waals surface area contributed by atoms with Crippen LogP contribution < -0.4 is 0 Å². The number of benzene rings is 1. The maximum Gasteiger partial charge on any atom is 0.0196 e. The summed E-state index contributed by atoms with van der Waals surface area (Å²) >= 11 is 0.306. The zero-order valence-corrected chi connectivity index (χ0v) is 10.5. The Hall–Kier alpha value is -0.180. The molecule has 72 valence electrons. The first-order valence-electron chi connectivity index (χ1n) is 4.80. The van der Waals surface area contributed by atoms with Gasteiger partial charge in [-0.05, 0) is 24.5 Å². The molecule has 1 aromatic rings. The molecule has 0 aliphatic rings. The summed E-state index contributed by atoms with van der Waals surface area (Å²) in [5.74, 6) is 0. The average Bonchev–Trinajstić information content (AvgIpc) is 2.17. The van der Waals surface area contributed by atoms with Gasteiger partial charge < -0.3 is 0 Å². The number of hydrogen-bond donors (Lipinski definition) is 0. The van der Waals surface area contributed by atoms with Gasteiger partial charge in [-0.25, -0.2) is 0 Å². The van der Waals surface area contributed by atoms with Crippen molar-refractivity contribution in [3.63, 3.8) is 0 Å². The van der Waals surface area contributed by atoms with Gasteiger partial charge in [-0.2, -0.15) is 0 Å². The van der Waals surface area contributed by atoms with Gasteiger partial charge >= 0.3 is 0 Å². The Balaban J connectivity index is 2.58. The number of aryl methyl sites for hydroxylation is 1. The molecule has 0 heterocycles. The highest BCUT2D eigenvalue weighted by Crippen LogP contribution is 2.12. The highest BCUT2D eigenvalue weighted by molar-refractivity contribution is 14.2. The third-order valence-electron chi connectivity index (χ3n) is 1.95. The highest BCUT2D eigenvalue weighted by Gasteiger charge is 1.91. The molecule has 0 saturated carbocycles. The van der Waals surface area contributed by atoms with E-state index < -0.39 is 0 Å². The van der Waals surface area contributed by atoms with Crippen LogP contribution in [0.25, 0.3) is 0 Å². The van der Waals surface area contributed by atoms with Crippen molar-refractivity contribution in [3.8, 4) is 0 Å². The van der Waals surface area contributed by atoms with Crippen LogP contribution >= 0.6 is 20.7 Å². The lowest BCUT2D eigenvalue weighted by Crippen LogP contribution is -1.83. The van der Waals surface area contributed by atoms with Crippen molar-refractivity contribution < 1.29 is 0 Å². The molecule has 0 unspecified atom stereocenters. The van der Waals surface area contributed by atoms with Crippen LogP contribution in [0, 0.1) is 0 Å². The Kier molecular flexibility index (Phi) is 5.28.